The van der Waals surface area contributed by atoms with E-state index in [1.165, 1.54) is 7.11 Å². The van der Waals surface area contributed by atoms with Crippen molar-refractivity contribution >= 4 is 18.1 Å². The van der Waals surface area contributed by atoms with E-state index in [1.54, 1.807) is 42.7 Å². The van der Waals surface area contributed by atoms with E-state index in [2.05, 4.69) is 4.98 Å². The maximum absolute atomic E-state index is 12.6. The number of hydrogen-bond acceptors (Lipinski definition) is 5. The number of aromatic nitrogens is 1. The van der Waals surface area contributed by atoms with E-state index >= 15 is 0 Å². The number of benzene rings is 2. The third kappa shape index (κ3) is 4.76. The molecular weight excluding hydrogens is 354 g/mol. The molecule has 0 unspecified atom stereocenters. The summed E-state index contributed by atoms with van der Waals surface area (Å²) in [4.78, 5) is 16.6. The molecule has 0 amide bonds. The summed E-state index contributed by atoms with van der Waals surface area (Å²) >= 11 is 0. The second-order valence-corrected chi connectivity index (χ2v) is 5.84. The van der Waals surface area contributed by atoms with E-state index in [0.717, 1.165) is 11.1 Å². The molecule has 0 aliphatic heterocycles. The van der Waals surface area contributed by atoms with Crippen molar-refractivity contribution in [3.63, 3.8) is 0 Å². The van der Waals surface area contributed by atoms with Crippen molar-refractivity contribution in [3.05, 3.63) is 83.7 Å². The first-order valence-electron chi connectivity index (χ1n) is 8.91. The highest BCUT2D eigenvalue weighted by Crippen LogP contribution is 2.31. The molecule has 0 spiro atoms. The lowest BCUT2D eigenvalue weighted by Crippen LogP contribution is -2.11. The van der Waals surface area contributed by atoms with Crippen molar-refractivity contribution < 1.29 is 19.0 Å². The Hall–Kier alpha value is -3.60. The molecule has 0 bridgehead atoms. The minimum atomic E-state index is -0.501. The molecule has 5 nitrogen and oxygen atoms in total. The van der Waals surface area contributed by atoms with Crippen LogP contribution in [0.15, 0.2) is 67.0 Å². The molecular formula is C23H21NO4. The van der Waals surface area contributed by atoms with Gasteiger partial charge in [-0.3, -0.25) is 4.98 Å². The predicted molar refractivity (Wildman–Crippen MR) is 109 cm³/mol. The molecule has 0 aliphatic rings. The van der Waals surface area contributed by atoms with Crippen molar-refractivity contribution in [2.45, 2.75) is 6.92 Å². The first kappa shape index (κ1) is 19.2. The SMILES string of the molecule is CCOc1cc(/C=C/c2ccncc2)ccc1OC(=O)c1ccccc1OC. The number of nitrogens with zero attached hydrogens (tertiary/aromatic N) is 1. The second-order valence-electron chi connectivity index (χ2n) is 5.84. The smallest absolute Gasteiger partial charge is 0.347 e. The normalized spacial score (nSPS) is 10.6. The summed E-state index contributed by atoms with van der Waals surface area (Å²) in [5, 5.41) is 0. The van der Waals surface area contributed by atoms with Gasteiger partial charge in [-0.15, -0.1) is 0 Å². The highest BCUT2D eigenvalue weighted by Gasteiger charge is 2.16. The zero-order valence-corrected chi connectivity index (χ0v) is 15.8. The standard InChI is InChI=1S/C23H21NO4/c1-3-27-22-16-18(9-8-17-12-14-24-15-13-17)10-11-21(22)28-23(25)19-6-4-5-7-20(19)26-2/h4-16H,3H2,1-2H3/b9-8+. The molecule has 5 heteroatoms. The molecule has 0 saturated carbocycles. The van der Waals surface area contributed by atoms with Crippen molar-refractivity contribution in [3.8, 4) is 17.2 Å². The van der Waals surface area contributed by atoms with Crippen LogP contribution in [0.2, 0.25) is 0 Å². The quantitative estimate of drug-likeness (QED) is 0.435. The van der Waals surface area contributed by atoms with Crippen molar-refractivity contribution in [2.24, 2.45) is 0 Å². The fourth-order valence-corrected chi connectivity index (χ4v) is 2.62. The molecule has 0 atom stereocenters. The molecule has 28 heavy (non-hydrogen) atoms. The van der Waals surface area contributed by atoms with E-state index in [-0.39, 0.29) is 0 Å². The van der Waals surface area contributed by atoms with Crippen LogP contribution in [-0.2, 0) is 0 Å². The molecule has 142 valence electrons. The van der Waals surface area contributed by atoms with Crippen LogP contribution in [0.3, 0.4) is 0 Å². The third-order valence-electron chi connectivity index (χ3n) is 3.97. The van der Waals surface area contributed by atoms with Gasteiger partial charge in [-0.2, -0.15) is 0 Å². The van der Waals surface area contributed by atoms with Gasteiger partial charge in [0.05, 0.1) is 13.7 Å². The van der Waals surface area contributed by atoms with Gasteiger partial charge < -0.3 is 14.2 Å². The van der Waals surface area contributed by atoms with Crippen LogP contribution < -0.4 is 14.2 Å². The first-order valence-corrected chi connectivity index (χ1v) is 8.91. The molecule has 0 fully saturated rings. The maximum Gasteiger partial charge on any atom is 0.347 e. The number of carbonyl (C=O) groups is 1. The zero-order chi connectivity index (χ0) is 19.8. The Kier molecular flexibility index (Phi) is 6.41. The van der Waals surface area contributed by atoms with Gasteiger partial charge in [0.25, 0.3) is 0 Å². The Balaban J connectivity index is 1.83. The second kappa shape index (κ2) is 9.37. The lowest BCUT2D eigenvalue weighted by atomic mass is 10.1. The topological polar surface area (TPSA) is 57.7 Å². The van der Waals surface area contributed by atoms with Crippen LogP contribution >= 0.6 is 0 Å². The van der Waals surface area contributed by atoms with Gasteiger partial charge in [0.2, 0.25) is 0 Å². The van der Waals surface area contributed by atoms with Gasteiger partial charge in [0, 0.05) is 12.4 Å². The largest absolute Gasteiger partial charge is 0.496 e. The lowest BCUT2D eigenvalue weighted by molar-refractivity contribution is 0.0725. The lowest BCUT2D eigenvalue weighted by Gasteiger charge is -2.12. The number of rotatable bonds is 7. The van der Waals surface area contributed by atoms with Gasteiger partial charge in [-0.25, -0.2) is 4.79 Å². The summed E-state index contributed by atoms with van der Waals surface area (Å²) in [6.45, 7) is 2.34. The van der Waals surface area contributed by atoms with E-state index in [0.29, 0.717) is 29.4 Å². The maximum atomic E-state index is 12.6. The van der Waals surface area contributed by atoms with Crippen LogP contribution in [-0.4, -0.2) is 24.7 Å². The molecule has 0 saturated heterocycles. The minimum absolute atomic E-state index is 0.356. The van der Waals surface area contributed by atoms with Crippen LogP contribution in [0.25, 0.3) is 12.2 Å². The number of carbonyl (C=O) groups excluding carboxylic acids is 1. The van der Waals surface area contributed by atoms with Crippen molar-refractivity contribution in [1.82, 2.24) is 4.98 Å². The Morgan fingerprint density at radius 2 is 1.68 bits per heavy atom. The Labute approximate surface area is 164 Å². The van der Waals surface area contributed by atoms with Crippen molar-refractivity contribution in [1.29, 1.82) is 0 Å². The van der Waals surface area contributed by atoms with Crippen LogP contribution in [0, 0.1) is 0 Å². The van der Waals surface area contributed by atoms with E-state index in [9.17, 15) is 4.79 Å². The Bertz CT molecular complexity index is 967. The molecule has 1 aromatic heterocycles. The molecule has 0 radical (unpaired) electrons. The average molecular weight is 375 g/mol. The number of pyridine rings is 1. The number of esters is 1. The summed E-state index contributed by atoms with van der Waals surface area (Å²) < 4.78 is 16.5. The fourth-order valence-electron chi connectivity index (χ4n) is 2.62. The molecule has 1 heterocycles. The summed E-state index contributed by atoms with van der Waals surface area (Å²) in [6.07, 6.45) is 7.42. The summed E-state index contributed by atoms with van der Waals surface area (Å²) in [7, 11) is 1.52. The average Bonchev–Trinajstić information content (AvgIpc) is 2.74. The minimum Gasteiger partial charge on any atom is -0.496 e. The third-order valence-corrected chi connectivity index (χ3v) is 3.97. The molecule has 3 aromatic rings. The first-order chi connectivity index (χ1) is 13.7. The number of para-hydroxylation sites is 1. The molecule has 0 aliphatic carbocycles. The van der Waals surface area contributed by atoms with Crippen molar-refractivity contribution in [2.75, 3.05) is 13.7 Å². The molecule has 2 aromatic carbocycles. The van der Waals surface area contributed by atoms with Gasteiger partial charge >= 0.3 is 5.97 Å². The van der Waals surface area contributed by atoms with Crippen LogP contribution in [0.5, 0.6) is 17.2 Å². The van der Waals surface area contributed by atoms with Gasteiger partial charge in [0.1, 0.15) is 11.3 Å². The van der Waals surface area contributed by atoms with E-state index < -0.39 is 5.97 Å². The highest BCUT2D eigenvalue weighted by atomic mass is 16.6. The van der Waals surface area contributed by atoms with E-state index in [1.807, 2.05) is 43.3 Å². The Morgan fingerprint density at radius 1 is 0.929 bits per heavy atom. The molecule has 3 rings (SSSR count). The van der Waals surface area contributed by atoms with Gasteiger partial charge in [-0.1, -0.05) is 30.4 Å². The predicted octanol–water partition coefficient (Wildman–Crippen LogP) is 4.88. The fraction of sp³-hybridized carbons (Fsp3) is 0.130. The monoisotopic (exact) mass is 375 g/mol. The molecule has 0 N–H and O–H groups in total. The zero-order valence-electron chi connectivity index (χ0n) is 15.8. The summed E-state index contributed by atoms with van der Waals surface area (Å²) in [6, 6.07) is 16.2. The van der Waals surface area contributed by atoms with Gasteiger partial charge in [-0.05, 0) is 54.4 Å². The number of methoxy groups -OCH3 is 1. The number of hydrogen-bond donors (Lipinski definition) is 0. The van der Waals surface area contributed by atoms with E-state index in [4.69, 9.17) is 14.2 Å². The van der Waals surface area contributed by atoms with Crippen LogP contribution in [0.4, 0.5) is 0 Å². The van der Waals surface area contributed by atoms with Crippen LogP contribution in [0.1, 0.15) is 28.4 Å². The van der Waals surface area contributed by atoms with Gasteiger partial charge in [0.15, 0.2) is 11.5 Å². The summed E-state index contributed by atoms with van der Waals surface area (Å²) in [5.41, 5.74) is 2.33. The number of ether oxygens (including phenoxy) is 3. The highest BCUT2D eigenvalue weighted by molar-refractivity contribution is 5.94. The Morgan fingerprint density at radius 3 is 2.43 bits per heavy atom. The summed E-state index contributed by atoms with van der Waals surface area (Å²) in [5.74, 6) is 0.822.